The first-order valence-electron chi connectivity index (χ1n) is 6.17. The molecule has 0 fully saturated rings. The normalized spacial score (nSPS) is 18.6. The van der Waals surface area contributed by atoms with Crippen molar-refractivity contribution in [3.05, 3.63) is 22.6 Å². The van der Waals surface area contributed by atoms with E-state index in [1.54, 1.807) is 6.92 Å². The van der Waals surface area contributed by atoms with Gasteiger partial charge in [-0.1, -0.05) is 13.8 Å². The van der Waals surface area contributed by atoms with E-state index in [0.29, 0.717) is 35.4 Å². The average molecular weight is 278 g/mol. The summed E-state index contributed by atoms with van der Waals surface area (Å²) in [5.41, 5.74) is 8.67. The molecule has 1 aromatic heterocycles. The number of furan rings is 1. The summed E-state index contributed by atoms with van der Waals surface area (Å²) in [5.74, 6) is -1.01. The van der Waals surface area contributed by atoms with Gasteiger partial charge in [0, 0.05) is 17.5 Å². The summed E-state index contributed by atoms with van der Waals surface area (Å²) >= 11 is 0. The molecule has 0 spiro atoms. The number of urea groups is 1. The zero-order chi connectivity index (χ0) is 15.1. The molecule has 0 aliphatic heterocycles. The molecule has 0 aromatic carbocycles. The number of primary amides is 1. The highest BCUT2D eigenvalue weighted by Crippen LogP contribution is 2.38. The zero-order valence-electron chi connectivity index (χ0n) is 11.6. The van der Waals surface area contributed by atoms with Gasteiger partial charge in [-0.2, -0.15) is 5.10 Å². The molecule has 0 atom stereocenters. The van der Waals surface area contributed by atoms with Crippen LogP contribution in [0.15, 0.2) is 9.52 Å². The Labute approximate surface area is 115 Å². The maximum Gasteiger partial charge on any atom is 0.332 e. The topological polar surface area (TPSA) is 121 Å². The Morgan fingerprint density at radius 1 is 1.40 bits per heavy atom. The Morgan fingerprint density at radius 2 is 2.05 bits per heavy atom. The number of hydrazone groups is 1. The van der Waals surface area contributed by atoms with Crippen molar-refractivity contribution in [3.8, 4) is 0 Å². The standard InChI is InChI=1S/C13H17N3O4/c1-6-9-7(15-16-12(14)19)4-13(2,3)5-8(9)20-10(6)11(17)18/h4-5H2,1-3H3,(H,17,18)(H3,14,16,19)/p-1. The van der Waals surface area contributed by atoms with Gasteiger partial charge in [0.1, 0.15) is 11.7 Å². The molecule has 2 rings (SSSR count). The summed E-state index contributed by atoms with van der Waals surface area (Å²) in [5, 5.41) is 15.0. The molecule has 0 bridgehead atoms. The van der Waals surface area contributed by atoms with Gasteiger partial charge in [0.25, 0.3) is 0 Å². The lowest BCUT2D eigenvalue weighted by Crippen LogP contribution is -2.31. The quantitative estimate of drug-likeness (QED) is 0.755. The fraction of sp³-hybridized carbons (Fsp3) is 0.462. The molecule has 20 heavy (non-hydrogen) atoms. The van der Waals surface area contributed by atoms with E-state index in [4.69, 9.17) is 10.2 Å². The smallest absolute Gasteiger partial charge is 0.332 e. The lowest BCUT2D eigenvalue weighted by molar-refractivity contribution is -0.257. The van der Waals surface area contributed by atoms with Crippen LogP contribution in [0.25, 0.3) is 0 Å². The fourth-order valence-corrected chi connectivity index (χ4v) is 2.53. The molecule has 0 saturated carbocycles. The third-order valence-electron chi connectivity index (χ3n) is 3.28. The van der Waals surface area contributed by atoms with E-state index in [0.717, 1.165) is 0 Å². The Morgan fingerprint density at radius 3 is 2.60 bits per heavy atom. The van der Waals surface area contributed by atoms with Crippen LogP contribution in [-0.4, -0.2) is 17.7 Å². The summed E-state index contributed by atoms with van der Waals surface area (Å²) in [6.07, 6.45) is 1.17. The molecule has 3 N–H and O–H groups in total. The number of carboxylic acids is 1. The summed E-state index contributed by atoms with van der Waals surface area (Å²) in [6.45, 7) is 5.64. The summed E-state index contributed by atoms with van der Waals surface area (Å²) in [7, 11) is 0. The van der Waals surface area contributed by atoms with Crippen LogP contribution in [0, 0.1) is 12.3 Å². The molecule has 2 amide bonds. The highest BCUT2D eigenvalue weighted by atomic mass is 16.4. The number of fused-ring (bicyclic) bond motifs is 1. The molecule has 0 radical (unpaired) electrons. The minimum atomic E-state index is -1.36. The molecule has 0 saturated heterocycles. The van der Waals surface area contributed by atoms with Gasteiger partial charge in [-0.25, -0.2) is 10.2 Å². The van der Waals surface area contributed by atoms with Crippen molar-refractivity contribution >= 4 is 17.7 Å². The summed E-state index contributed by atoms with van der Waals surface area (Å²) in [6, 6.07) is -0.774. The predicted molar refractivity (Wildman–Crippen MR) is 69.1 cm³/mol. The number of rotatable bonds is 2. The Bertz CT molecular complexity index is 613. The Balaban J connectivity index is 2.55. The number of carbonyl (C=O) groups excluding carboxylic acids is 2. The first-order valence-corrected chi connectivity index (χ1v) is 6.17. The van der Waals surface area contributed by atoms with E-state index in [-0.39, 0.29) is 11.2 Å². The van der Waals surface area contributed by atoms with Gasteiger partial charge >= 0.3 is 6.03 Å². The molecule has 108 valence electrons. The van der Waals surface area contributed by atoms with E-state index in [1.807, 2.05) is 13.8 Å². The molecule has 1 aromatic rings. The molecule has 1 aliphatic rings. The number of nitrogens with one attached hydrogen (secondary N) is 1. The van der Waals surface area contributed by atoms with Crippen molar-refractivity contribution in [2.24, 2.45) is 16.3 Å². The largest absolute Gasteiger partial charge is 0.542 e. The number of nitrogens with two attached hydrogens (primary N) is 1. The van der Waals surface area contributed by atoms with Crippen molar-refractivity contribution < 1.29 is 19.1 Å². The lowest BCUT2D eigenvalue weighted by Gasteiger charge is -2.29. The fourth-order valence-electron chi connectivity index (χ4n) is 2.53. The van der Waals surface area contributed by atoms with Crippen LogP contribution >= 0.6 is 0 Å². The maximum atomic E-state index is 11.0. The predicted octanol–water partition coefficient (Wildman–Crippen LogP) is 0.296. The van der Waals surface area contributed by atoms with E-state index in [1.165, 1.54) is 0 Å². The summed E-state index contributed by atoms with van der Waals surface area (Å²) in [4.78, 5) is 21.8. The zero-order valence-corrected chi connectivity index (χ0v) is 11.6. The van der Waals surface area contributed by atoms with Crippen molar-refractivity contribution in [3.63, 3.8) is 0 Å². The van der Waals surface area contributed by atoms with Crippen LogP contribution in [0.2, 0.25) is 0 Å². The van der Waals surface area contributed by atoms with E-state index >= 15 is 0 Å². The number of carboxylic acid groups (broad SMARTS) is 1. The van der Waals surface area contributed by atoms with Crippen molar-refractivity contribution in [2.75, 3.05) is 0 Å². The molecule has 1 heterocycles. The second-order valence-corrected chi connectivity index (χ2v) is 5.69. The average Bonchev–Trinajstić information content (AvgIpc) is 2.62. The number of hydrogen-bond donors (Lipinski definition) is 2. The first-order chi connectivity index (χ1) is 9.21. The minimum Gasteiger partial charge on any atom is -0.542 e. The Hall–Kier alpha value is -2.31. The van der Waals surface area contributed by atoms with Crippen LogP contribution in [0.5, 0.6) is 0 Å². The third kappa shape index (κ3) is 2.52. The van der Waals surface area contributed by atoms with E-state index < -0.39 is 12.0 Å². The monoisotopic (exact) mass is 278 g/mol. The third-order valence-corrected chi connectivity index (χ3v) is 3.28. The van der Waals surface area contributed by atoms with Gasteiger partial charge in [0.2, 0.25) is 0 Å². The van der Waals surface area contributed by atoms with Crippen LogP contribution in [-0.2, 0) is 6.42 Å². The molecule has 7 nitrogen and oxygen atoms in total. The van der Waals surface area contributed by atoms with E-state index in [2.05, 4.69) is 10.5 Å². The second kappa shape index (κ2) is 4.66. The van der Waals surface area contributed by atoms with Gasteiger partial charge in [0.05, 0.1) is 5.71 Å². The number of aromatic carboxylic acids is 1. The van der Waals surface area contributed by atoms with Gasteiger partial charge in [0.15, 0.2) is 5.76 Å². The van der Waals surface area contributed by atoms with Crippen molar-refractivity contribution in [1.29, 1.82) is 0 Å². The van der Waals surface area contributed by atoms with Crippen molar-refractivity contribution in [2.45, 2.75) is 33.6 Å². The molecule has 1 aliphatic carbocycles. The summed E-state index contributed by atoms with van der Waals surface area (Å²) < 4.78 is 5.38. The van der Waals surface area contributed by atoms with Gasteiger partial charge in [-0.05, 0) is 18.8 Å². The number of carbonyl (C=O) groups is 2. The Kier molecular flexibility index (Phi) is 3.29. The lowest BCUT2D eigenvalue weighted by atomic mass is 9.75. The van der Waals surface area contributed by atoms with Gasteiger partial charge in [-0.15, -0.1) is 0 Å². The van der Waals surface area contributed by atoms with Gasteiger partial charge < -0.3 is 20.1 Å². The molecule has 0 unspecified atom stereocenters. The SMILES string of the molecule is Cc1c(C(=O)[O-])oc2c1C(=NNC(N)=O)CC(C)(C)C2. The first kappa shape index (κ1) is 14.1. The highest BCUT2D eigenvalue weighted by molar-refractivity contribution is 6.06. The van der Waals surface area contributed by atoms with Crippen LogP contribution in [0.1, 0.15) is 47.7 Å². The van der Waals surface area contributed by atoms with E-state index in [9.17, 15) is 14.7 Å². The van der Waals surface area contributed by atoms with Crippen LogP contribution < -0.4 is 16.3 Å². The highest BCUT2D eigenvalue weighted by Gasteiger charge is 2.35. The van der Waals surface area contributed by atoms with Crippen molar-refractivity contribution in [1.82, 2.24) is 5.43 Å². The van der Waals surface area contributed by atoms with Crippen LogP contribution in [0.4, 0.5) is 4.79 Å². The van der Waals surface area contributed by atoms with Gasteiger partial charge in [-0.3, -0.25) is 0 Å². The molecule has 7 heteroatoms. The number of nitrogens with zero attached hydrogens (tertiary/aromatic N) is 1. The van der Waals surface area contributed by atoms with Crippen LogP contribution in [0.3, 0.4) is 0 Å². The second-order valence-electron chi connectivity index (χ2n) is 5.69. The number of hydrogen-bond acceptors (Lipinski definition) is 5. The minimum absolute atomic E-state index is 0.154. The number of amides is 2. The molecular formula is C13H16N3O4-. The maximum absolute atomic E-state index is 11.0. The molecular weight excluding hydrogens is 262 g/mol.